The average molecular weight is 257 g/mol. The first-order valence-electron chi connectivity index (χ1n) is 6.36. The van der Waals surface area contributed by atoms with Crippen LogP contribution in [0.3, 0.4) is 0 Å². The van der Waals surface area contributed by atoms with Crippen LogP contribution in [0, 0.1) is 5.92 Å². The summed E-state index contributed by atoms with van der Waals surface area (Å²) in [5.41, 5.74) is 4.89. The molecule has 0 heterocycles. The lowest BCUT2D eigenvalue weighted by Crippen LogP contribution is -2.51. The van der Waals surface area contributed by atoms with Gasteiger partial charge in [-0.15, -0.1) is 0 Å². The Morgan fingerprint density at radius 3 is 2.39 bits per heavy atom. The fourth-order valence-corrected chi connectivity index (χ4v) is 1.68. The van der Waals surface area contributed by atoms with E-state index in [9.17, 15) is 14.7 Å². The number of aliphatic hydroxyl groups is 1. The lowest BCUT2D eigenvalue weighted by molar-refractivity contribution is -0.128. The van der Waals surface area contributed by atoms with E-state index in [4.69, 9.17) is 5.73 Å². The van der Waals surface area contributed by atoms with Crippen molar-refractivity contribution < 1.29 is 14.7 Å². The molecule has 0 aromatic rings. The summed E-state index contributed by atoms with van der Waals surface area (Å²) in [6.07, 6.45) is 2.43. The van der Waals surface area contributed by atoms with E-state index in [0.29, 0.717) is 0 Å². The van der Waals surface area contributed by atoms with E-state index in [1.165, 1.54) is 0 Å². The summed E-state index contributed by atoms with van der Waals surface area (Å²) in [6, 6.07) is -0.603. The van der Waals surface area contributed by atoms with Crippen molar-refractivity contribution in [3.63, 3.8) is 0 Å². The van der Waals surface area contributed by atoms with Gasteiger partial charge in [-0.05, 0) is 25.2 Å². The second-order valence-corrected chi connectivity index (χ2v) is 5.34. The molecule has 0 bridgehead atoms. The smallest absolute Gasteiger partial charge is 0.239 e. The molecule has 0 spiro atoms. The van der Waals surface area contributed by atoms with Crippen molar-refractivity contribution >= 4 is 11.8 Å². The number of carbonyl (C=O) groups is 2. The molecule has 1 rings (SSSR count). The zero-order chi connectivity index (χ0) is 13.8. The van der Waals surface area contributed by atoms with E-state index >= 15 is 0 Å². The van der Waals surface area contributed by atoms with E-state index in [1.54, 1.807) is 0 Å². The summed E-state index contributed by atoms with van der Waals surface area (Å²) < 4.78 is 0. The maximum absolute atomic E-state index is 11.5. The summed E-state index contributed by atoms with van der Waals surface area (Å²) >= 11 is 0. The van der Waals surface area contributed by atoms with Gasteiger partial charge in [-0.2, -0.15) is 0 Å². The normalized spacial score (nSPS) is 18.9. The molecule has 6 nitrogen and oxygen atoms in total. The van der Waals surface area contributed by atoms with Gasteiger partial charge in [0.2, 0.25) is 11.8 Å². The van der Waals surface area contributed by atoms with Crippen LogP contribution in [0.1, 0.15) is 33.1 Å². The molecule has 1 fully saturated rings. The van der Waals surface area contributed by atoms with Crippen LogP contribution in [0.25, 0.3) is 0 Å². The Morgan fingerprint density at radius 2 is 1.94 bits per heavy atom. The number of nitrogens with one attached hydrogen (secondary N) is 2. The highest BCUT2D eigenvalue weighted by molar-refractivity contribution is 5.87. The van der Waals surface area contributed by atoms with E-state index in [0.717, 1.165) is 19.3 Å². The van der Waals surface area contributed by atoms with Gasteiger partial charge in [0, 0.05) is 6.54 Å². The monoisotopic (exact) mass is 257 g/mol. The summed E-state index contributed by atoms with van der Waals surface area (Å²) in [7, 11) is 0. The van der Waals surface area contributed by atoms with Crippen LogP contribution in [0.5, 0.6) is 0 Å². The van der Waals surface area contributed by atoms with Crippen LogP contribution in [-0.4, -0.2) is 41.7 Å². The maximum atomic E-state index is 11.5. The second-order valence-electron chi connectivity index (χ2n) is 5.34. The first kappa shape index (κ1) is 14.9. The van der Waals surface area contributed by atoms with Gasteiger partial charge in [0.1, 0.15) is 0 Å². The lowest BCUT2D eigenvalue weighted by atomic mass is 9.80. The van der Waals surface area contributed by atoms with Crippen molar-refractivity contribution in [2.24, 2.45) is 11.7 Å². The Morgan fingerprint density at radius 1 is 1.33 bits per heavy atom. The zero-order valence-electron chi connectivity index (χ0n) is 11.0. The van der Waals surface area contributed by atoms with Crippen LogP contribution in [0.2, 0.25) is 0 Å². The van der Waals surface area contributed by atoms with Crippen molar-refractivity contribution in [2.45, 2.75) is 44.8 Å². The van der Waals surface area contributed by atoms with Gasteiger partial charge < -0.3 is 21.5 Å². The first-order chi connectivity index (χ1) is 8.34. The largest absolute Gasteiger partial charge is 0.388 e. The molecule has 1 aliphatic carbocycles. The number of hydrogen-bond donors (Lipinski definition) is 4. The third kappa shape index (κ3) is 4.27. The topological polar surface area (TPSA) is 104 Å². The minimum Gasteiger partial charge on any atom is -0.388 e. The zero-order valence-corrected chi connectivity index (χ0v) is 11.0. The number of carbonyl (C=O) groups excluding carboxylic acids is 2. The molecular weight excluding hydrogens is 234 g/mol. The molecule has 0 aromatic carbocycles. The molecule has 1 saturated carbocycles. The fourth-order valence-electron chi connectivity index (χ4n) is 1.68. The molecule has 5 N–H and O–H groups in total. The molecule has 0 radical (unpaired) electrons. The minimum atomic E-state index is -0.742. The quantitative estimate of drug-likeness (QED) is 0.496. The summed E-state index contributed by atoms with van der Waals surface area (Å²) in [5.74, 6) is -0.606. The Hall–Kier alpha value is -1.14. The van der Waals surface area contributed by atoms with Crippen molar-refractivity contribution in [1.29, 1.82) is 0 Å². The molecule has 1 aliphatic rings. The Balaban J connectivity index is 2.18. The average Bonchev–Trinajstić information content (AvgIpc) is 2.29. The third-order valence-corrected chi connectivity index (χ3v) is 3.34. The first-order valence-corrected chi connectivity index (χ1v) is 6.36. The summed E-state index contributed by atoms with van der Waals surface area (Å²) in [6.45, 7) is 3.83. The molecule has 18 heavy (non-hydrogen) atoms. The van der Waals surface area contributed by atoms with Crippen LogP contribution in [0.4, 0.5) is 0 Å². The van der Waals surface area contributed by atoms with E-state index in [-0.39, 0.29) is 30.8 Å². The van der Waals surface area contributed by atoms with Crippen molar-refractivity contribution in [1.82, 2.24) is 10.6 Å². The molecule has 1 atom stereocenters. The van der Waals surface area contributed by atoms with E-state index < -0.39 is 11.6 Å². The van der Waals surface area contributed by atoms with Crippen LogP contribution >= 0.6 is 0 Å². The standard InChI is InChI=1S/C12H23N3O3/c1-8(2)10(13)11(17)14-6-9(16)15-7-12(18)4-3-5-12/h8,10,18H,3-7,13H2,1-2H3,(H,14,17)(H,15,16)/t10-/m0/s1. The van der Waals surface area contributed by atoms with E-state index in [1.807, 2.05) is 13.8 Å². The molecule has 0 saturated heterocycles. The fraction of sp³-hybridized carbons (Fsp3) is 0.833. The molecule has 0 aliphatic heterocycles. The SMILES string of the molecule is CC(C)[C@H](N)C(=O)NCC(=O)NCC1(O)CCC1. The number of amides is 2. The van der Waals surface area contributed by atoms with Gasteiger partial charge in [0.15, 0.2) is 0 Å². The third-order valence-electron chi connectivity index (χ3n) is 3.34. The maximum Gasteiger partial charge on any atom is 0.239 e. The molecule has 2 amide bonds. The van der Waals surface area contributed by atoms with Gasteiger partial charge in [-0.25, -0.2) is 0 Å². The predicted molar refractivity (Wildman–Crippen MR) is 67.6 cm³/mol. The summed E-state index contributed by atoms with van der Waals surface area (Å²) in [5, 5.41) is 14.9. The van der Waals surface area contributed by atoms with Gasteiger partial charge in [0.05, 0.1) is 18.2 Å². The molecular formula is C12H23N3O3. The second kappa shape index (κ2) is 6.15. The highest BCUT2D eigenvalue weighted by Gasteiger charge is 2.34. The van der Waals surface area contributed by atoms with Gasteiger partial charge in [-0.3, -0.25) is 9.59 Å². The minimum absolute atomic E-state index is 0.0312. The molecule has 104 valence electrons. The van der Waals surface area contributed by atoms with Crippen LogP contribution < -0.4 is 16.4 Å². The number of nitrogens with two attached hydrogens (primary N) is 1. The molecule has 0 aromatic heterocycles. The van der Waals surface area contributed by atoms with Crippen molar-refractivity contribution in [3.8, 4) is 0 Å². The van der Waals surface area contributed by atoms with Gasteiger partial charge >= 0.3 is 0 Å². The van der Waals surface area contributed by atoms with Gasteiger partial charge in [-0.1, -0.05) is 13.8 Å². The number of hydrogen-bond acceptors (Lipinski definition) is 4. The van der Waals surface area contributed by atoms with E-state index in [2.05, 4.69) is 10.6 Å². The highest BCUT2D eigenvalue weighted by atomic mass is 16.3. The Labute approximate surface area is 107 Å². The summed E-state index contributed by atoms with van der Waals surface area (Å²) in [4.78, 5) is 22.9. The van der Waals surface area contributed by atoms with Crippen LogP contribution in [-0.2, 0) is 9.59 Å². The van der Waals surface area contributed by atoms with Crippen molar-refractivity contribution in [3.05, 3.63) is 0 Å². The molecule has 0 unspecified atom stereocenters. The lowest BCUT2D eigenvalue weighted by Gasteiger charge is -2.36. The van der Waals surface area contributed by atoms with Crippen LogP contribution in [0.15, 0.2) is 0 Å². The van der Waals surface area contributed by atoms with Crippen molar-refractivity contribution in [2.75, 3.05) is 13.1 Å². The Bertz CT molecular complexity index is 314. The Kier molecular flexibility index (Phi) is 5.10. The molecule has 6 heteroatoms. The number of rotatable bonds is 6. The van der Waals surface area contributed by atoms with Gasteiger partial charge in [0.25, 0.3) is 0 Å². The highest BCUT2D eigenvalue weighted by Crippen LogP contribution is 2.30. The predicted octanol–water partition coefficient (Wildman–Crippen LogP) is -0.883.